The summed E-state index contributed by atoms with van der Waals surface area (Å²) in [5.41, 5.74) is 3.11. The Morgan fingerprint density at radius 3 is 2.76 bits per heavy atom. The molecule has 5 heteroatoms. The number of nitrogens with one attached hydrogen (secondary N) is 1. The van der Waals surface area contributed by atoms with Gasteiger partial charge in [-0.1, -0.05) is 18.6 Å². The first kappa shape index (κ1) is 18.1. The molecule has 1 aromatic carbocycles. The van der Waals surface area contributed by atoms with E-state index in [1.165, 1.54) is 23.3 Å². The second-order valence-corrected chi connectivity index (χ2v) is 7.55. The van der Waals surface area contributed by atoms with Crippen molar-refractivity contribution in [1.29, 1.82) is 0 Å². The van der Waals surface area contributed by atoms with E-state index in [0.717, 1.165) is 25.1 Å². The molecule has 1 aromatic heterocycles. The van der Waals surface area contributed by atoms with Gasteiger partial charge >= 0.3 is 0 Å². The molecule has 1 saturated heterocycles. The van der Waals surface area contributed by atoms with Gasteiger partial charge in [-0.25, -0.2) is 0 Å². The Hall–Kier alpha value is -1.69. The van der Waals surface area contributed by atoms with E-state index in [0.29, 0.717) is 12.1 Å². The van der Waals surface area contributed by atoms with Crippen LogP contribution in [0.5, 0.6) is 0 Å². The summed E-state index contributed by atoms with van der Waals surface area (Å²) < 4.78 is 0. The Balaban J connectivity index is 1.52. The SMILES string of the molecule is Cc1ccsc1-c1ccc(C(=O)NCCN2CCCCC2CO)cc1. The number of aliphatic hydroxyl groups is 1. The zero-order valence-corrected chi connectivity index (χ0v) is 15.5. The molecule has 2 N–H and O–H groups in total. The van der Waals surface area contributed by atoms with E-state index in [2.05, 4.69) is 28.6 Å². The molecule has 0 bridgehead atoms. The van der Waals surface area contributed by atoms with Crippen molar-refractivity contribution in [3.8, 4) is 10.4 Å². The summed E-state index contributed by atoms with van der Waals surface area (Å²) in [6.07, 6.45) is 3.41. The lowest BCUT2D eigenvalue weighted by Gasteiger charge is -2.34. The minimum atomic E-state index is -0.0352. The van der Waals surface area contributed by atoms with Gasteiger partial charge in [0.2, 0.25) is 0 Å². The largest absolute Gasteiger partial charge is 0.395 e. The third-order valence-corrected chi connectivity index (χ3v) is 5.98. The van der Waals surface area contributed by atoms with Crippen LogP contribution in [0.25, 0.3) is 10.4 Å². The molecule has 1 atom stereocenters. The normalized spacial score (nSPS) is 18.2. The number of nitrogens with zero attached hydrogens (tertiary/aromatic N) is 1. The average molecular weight is 359 g/mol. The van der Waals surface area contributed by atoms with Crippen molar-refractivity contribution in [1.82, 2.24) is 10.2 Å². The highest BCUT2D eigenvalue weighted by molar-refractivity contribution is 7.13. The van der Waals surface area contributed by atoms with Crippen molar-refractivity contribution in [2.24, 2.45) is 0 Å². The van der Waals surface area contributed by atoms with Gasteiger partial charge in [0.25, 0.3) is 5.91 Å². The number of benzene rings is 1. The van der Waals surface area contributed by atoms with Crippen molar-refractivity contribution < 1.29 is 9.90 Å². The minimum absolute atomic E-state index is 0.0352. The standard InChI is InChI=1S/C20H26N2O2S/c1-15-9-13-25-19(15)16-5-7-17(8-6-16)20(24)21-10-12-22-11-3-2-4-18(22)14-23/h5-9,13,18,23H,2-4,10-12,14H2,1H3,(H,21,24). The number of hydrogen-bond donors (Lipinski definition) is 2. The summed E-state index contributed by atoms with van der Waals surface area (Å²) in [6.45, 7) is 4.73. The number of rotatable bonds is 6. The van der Waals surface area contributed by atoms with Gasteiger partial charge in [-0.05, 0) is 61.0 Å². The first-order chi connectivity index (χ1) is 12.2. The van der Waals surface area contributed by atoms with Crippen molar-refractivity contribution in [3.63, 3.8) is 0 Å². The van der Waals surface area contributed by atoms with Crippen LogP contribution in [-0.4, -0.2) is 48.2 Å². The minimum Gasteiger partial charge on any atom is -0.395 e. The Morgan fingerprint density at radius 2 is 2.08 bits per heavy atom. The quantitative estimate of drug-likeness (QED) is 0.833. The fraction of sp³-hybridized carbons (Fsp3) is 0.450. The lowest BCUT2D eigenvalue weighted by molar-refractivity contribution is 0.0849. The van der Waals surface area contributed by atoms with Gasteiger partial charge in [0.15, 0.2) is 0 Å². The lowest BCUT2D eigenvalue weighted by atomic mass is 10.0. The van der Waals surface area contributed by atoms with Crippen LogP contribution in [0.4, 0.5) is 0 Å². The molecule has 0 spiro atoms. The number of likely N-dealkylation sites (tertiary alicyclic amines) is 1. The number of amides is 1. The summed E-state index contributed by atoms with van der Waals surface area (Å²) in [5, 5.41) is 14.5. The van der Waals surface area contributed by atoms with Gasteiger partial charge in [-0.15, -0.1) is 11.3 Å². The maximum Gasteiger partial charge on any atom is 0.251 e. The van der Waals surface area contributed by atoms with Crippen molar-refractivity contribution in [2.75, 3.05) is 26.2 Å². The molecule has 4 nitrogen and oxygen atoms in total. The van der Waals surface area contributed by atoms with Gasteiger partial charge in [-0.3, -0.25) is 9.69 Å². The smallest absolute Gasteiger partial charge is 0.251 e. The molecule has 1 aliphatic heterocycles. The van der Waals surface area contributed by atoms with Crippen LogP contribution in [0.3, 0.4) is 0 Å². The maximum atomic E-state index is 12.3. The monoisotopic (exact) mass is 358 g/mol. The van der Waals surface area contributed by atoms with E-state index < -0.39 is 0 Å². The summed E-state index contributed by atoms with van der Waals surface area (Å²) >= 11 is 1.72. The van der Waals surface area contributed by atoms with E-state index in [4.69, 9.17) is 0 Å². The molecule has 2 heterocycles. The highest BCUT2D eigenvalue weighted by atomic mass is 32.1. The fourth-order valence-electron chi connectivity index (χ4n) is 3.42. The average Bonchev–Trinajstić information content (AvgIpc) is 3.08. The predicted octanol–water partition coefficient (Wildman–Crippen LogP) is 3.30. The summed E-state index contributed by atoms with van der Waals surface area (Å²) in [6, 6.07) is 10.2. The number of piperidine rings is 1. The van der Waals surface area contributed by atoms with Crippen LogP contribution >= 0.6 is 11.3 Å². The van der Waals surface area contributed by atoms with E-state index >= 15 is 0 Å². The highest BCUT2D eigenvalue weighted by Gasteiger charge is 2.21. The molecule has 0 aliphatic carbocycles. The fourth-order valence-corrected chi connectivity index (χ4v) is 4.35. The second-order valence-electron chi connectivity index (χ2n) is 6.63. The number of hydrogen-bond acceptors (Lipinski definition) is 4. The van der Waals surface area contributed by atoms with E-state index in [1.807, 2.05) is 24.3 Å². The summed E-state index contributed by atoms with van der Waals surface area (Å²) in [4.78, 5) is 15.9. The number of carbonyl (C=O) groups is 1. The molecule has 25 heavy (non-hydrogen) atoms. The number of aryl methyl sites for hydroxylation is 1. The van der Waals surface area contributed by atoms with E-state index in [-0.39, 0.29) is 18.6 Å². The second kappa shape index (κ2) is 8.61. The Labute approximate surface area is 153 Å². The number of carbonyl (C=O) groups excluding carboxylic acids is 1. The molecule has 3 rings (SSSR count). The van der Waals surface area contributed by atoms with E-state index in [9.17, 15) is 9.90 Å². The molecular formula is C20H26N2O2S. The van der Waals surface area contributed by atoms with Crippen LogP contribution < -0.4 is 5.32 Å². The zero-order valence-electron chi connectivity index (χ0n) is 14.7. The summed E-state index contributed by atoms with van der Waals surface area (Å²) in [5.74, 6) is -0.0352. The molecule has 1 fully saturated rings. The van der Waals surface area contributed by atoms with Crippen LogP contribution in [-0.2, 0) is 0 Å². The Kier molecular flexibility index (Phi) is 6.24. The topological polar surface area (TPSA) is 52.6 Å². The first-order valence-electron chi connectivity index (χ1n) is 8.96. The van der Waals surface area contributed by atoms with Crippen molar-refractivity contribution >= 4 is 17.2 Å². The third-order valence-electron chi connectivity index (χ3n) is 4.92. The van der Waals surface area contributed by atoms with E-state index in [1.54, 1.807) is 11.3 Å². The third kappa shape index (κ3) is 4.48. The van der Waals surface area contributed by atoms with Crippen molar-refractivity contribution in [2.45, 2.75) is 32.2 Å². The highest BCUT2D eigenvalue weighted by Crippen LogP contribution is 2.29. The van der Waals surface area contributed by atoms with Gasteiger partial charge in [0.1, 0.15) is 0 Å². The van der Waals surface area contributed by atoms with Crippen LogP contribution in [0, 0.1) is 6.92 Å². The van der Waals surface area contributed by atoms with Gasteiger partial charge in [-0.2, -0.15) is 0 Å². The van der Waals surface area contributed by atoms with Crippen LogP contribution in [0.2, 0.25) is 0 Å². The Morgan fingerprint density at radius 1 is 1.28 bits per heavy atom. The molecule has 134 valence electrons. The molecule has 1 amide bonds. The van der Waals surface area contributed by atoms with Crippen molar-refractivity contribution in [3.05, 3.63) is 46.8 Å². The Bertz CT molecular complexity index is 696. The van der Waals surface area contributed by atoms with Crippen LogP contribution in [0.15, 0.2) is 35.7 Å². The van der Waals surface area contributed by atoms with Gasteiger partial charge in [0, 0.05) is 29.6 Å². The van der Waals surface area contributed by atoms with Crippen LogP contribution in [0.1, 0.15) is 35.2 Å². The van der Waals surface area contributed by atoms with Gasteiger partial charge in [0.05, 0.1) is 6.61 Å². The molecule has 0 radical (unpaired) electrons. The molecule has 1 unspecified atom stereocenters. The molecule has 1 aliphatic rings. The molecule has 2 aromatic rings. The predicted molar refractivity (Wildman–Crippen MR) is 103 cm³/mol. The molecule has 0 saturated carbocycles. The maximum absolute atomic E-state index is 12.3. The number of thiophene rings is 1. The first-order valence-corrected chi connectivity index (χ1v) is 9.84. The summed E-state index contributed by atoms with van der Waals surface area (Å²) in [7, 11) is 0. The molecular weight excluding hydrogens is 332 g/mol. The lowest BCUT2D eigenvalue weighted by Crippen LogP contribution is -2.45. The van der Waals surface area contributed by atoms with Gasteiger partial charge < -0.3 is 10.4 Å². The zero-order chi connectivity index (χ0) is 17.6. The number of aliphatic hydroxyl groups excluding tert-OH is 1.